The largest absolute Gasteiger partial charge is 0.497 e. The highest BCUT2D eigenvalue weighted by Crippen LogP contribution is 2.43. The second-order valence-electron chi connectivity index (χ2n) is 10.5. The Hall–Kier alpha value is -3.66. The van der Waals surface area contributed by atoms with Gasteiger partial charge in [-0.1, -0.05) is 68.3 Å². The van der Waals surface area contributed by atoms with E-state index in [0.717, 1.165) is 31.2 Å². The number of rotatable bonds is 13. The van der Waals surface area contributed by atoms with Gasteiger partial charge in [0.05, 0.1) is 13.7 Å². The smallest absolute Gasteiger partial charge is 0.252 e. The van der Waals surface area contributed by atoms with Crippen molar-refractivity contribution in [2.75, 3.05) is 26.9 Å². The van der Waals surface area contributed by atoms with Crippen molar-refractivity contribution >= 4 is 43.7 Å². The zero-order valence-corrected chi connectivity index (χ0v) is 27.5. The van der Waals surface area contributed by atoms with E-state index in [2.05, 4.69) is 37.2 Å². The zero-order chi connectivity index (χ0) is 30.9. The molecule has 0 spiro atoms. The minimum atomic E-state index is -1.30. The summed E-state index contributed by atoms with van der Waals surface area (Å²) < 4.78 is 19.8. The van der Waals surface area contributed by atoms with Gasteiger partial charge in [0, 0.05) is 40.5 Å². The molecule has 5 rings (SSSR count). The van der Waals surface area contributed by atoms with Crippen molar-refractivity contribution in [1.29, 1.82) is 0 Å². The van der Waals surface area contributed by atoms with Crippen molar-refractivity contribution in [3.05, 3.63) is 128 Å². The van der Waals surface area contributed by atoms with Crippen molar-refractivity contribution in [1.82, 2.24) is 5.32 Å². The molecule has 2 N–H and O–H groups in total. The lowest BCUT2D eigenvalue weighted by Gasteiger charge is -2.31. The van der Waals surface area contributed by atoms with Crippen LogP contribution in [-0.4, -0.2) is 49.3 Å². The molecule has 0 bridgehead atoms. The Bertz CT molecular complexity index is 1580. The van der Waals surface area contributed by atoms with Gasteiger partial charge in [-0.3, -0.25) is 4.79 Å². The van der Waals surface area contributed by atoms with Crippen LogP contribution in [0.25, 0.3) is 0 Å². The Kier molecular flexibility index (Phi) is 10.7. The maximum absolute atomic E-state index is 14.4. The van der Waals surface area contributed by atoms with E-state index in [4.69, 9.17) is 24.3 Å². The Morgan fingerprint density at radius 3 is 2.27 bits per heavy atom. The lowest BCUT2D eigenvalue weighted by atomic mass is 9.82. The lowest BCUT2D eigenvalue weighted by molar-refractivity contribution is -0.128. The molecular formula is C35H34Br2N2O5. The number of hydrogen-bond donors (Lipinski definition) is 2. The van der Waals surface area contributed by atoms with E-state index in [-0.39, 0.29) is 12.5 Å². The highest BCUT2D eigenvalue weighted by atomic mass is 79.9. The number of nitrogens with zero attached hydrogens (tertiary/aromatic N) is 1. The van der Waals surface area contributed by atoms with Gasteiger partial charge in [0.1, 0.15) is 11.5 Å². The number of carbonyl (C=O) groups is 1. The van der Waals surface area contributed by atoms with E-state index in [0.29, 0.717) is 49.8 Å². The molecule has 9 heteroatoms. The molecule has 0 saturated carbocycles. The summed E-state index contributed by atoms with van der Waals surface area (Å²) in [5.74, 6) is 1.50. The quantitative estimate of drug-likeness (QED) is 0.148. The Morgan fingerprint density at radius 1 is 0.932 bits per heavy atom. The predicted octanol–water partition coefficient (Wildman–Crippen LogP) is 6.84. The number of amides is 1. The van der Waals surface area contributed by atoms with Crippen LogP contribution in [0.4, 0.5) is 0 Å². The van der Waals surface area contributed by atoms with Crippen LogP contribution >= 0.6 is 31.9 Å². The predicted molar refractivity (Wildman–Crippen MR) is 178 cm³/mol. The van der Waals surface area contributed by atoms with Crippen molar-refractivity contribution in [3.8, 4) is 11.5 Å². The number of ether oxygens (including phenoxy) is 3. The molecule has 0 unspecified atom stereocenters. The summed E-state index contributed by atoms with van der Waals surface area (Å²) in [5, 5.41) is 12.2. The summed E-state index contributed by atoms with van der Waals surface area (Å²) in [6.07, 6.45) is 0.823. The van der Waals surface area contributed by atoms with Crippen LogP contribution in [0.3, 0.4) is 0 Å². The van der Waals surface area contributed by atoms with E-state index in [1.54, 1.807) is 7.11 Å². The number of benzene rings is 4. The average molecular weight is 722 g/mol. The van der Waals surface area contributed by atoms with Gasteiger partial charge < -0.3 is 24.6 Å². The number of aliphatic imine (C=N–C) groups is 1. The lowest BCUT2D eigenvalue weighted by Crippen LogP contribution is -2.50. The van der Waals surface area contributed by atoms with Crippen LogP contribution in [0.5, 0.6) is 11.5 Å². The van der Waals surface area contributed by atoms with Crippen LogP contribution in [0.1, 0.15) is 34.8 Å². The summed E-state index contributed by atoms with van der Waals surface area (Å²) in [7, 11) is 1.62. The number of nitrogens with one attached hydrogen (secondary N) is 1. The number of hydrogen-bond acceptors (Lipinski definition) is 6. The minimum absolute atomic E-state index is 0.0695. The van der Waals surface area contributed by atoms with E-state index in [1.807, 2.05) is 97.1 Å². The van der Waals surface area contributed by atoms with Crippen LogP contribution in [0.2, 0.25) is 0 Å². The van der Waals surface area contributed by atoms with Crippen LogP contribution in [0.15, 0.2) is 111 Å². The van der Waals surface area contributed by atoms with E-state index < -0.39 is 11.6 Å². The monoisotopic (exact) mass is 720 g/mol. The Balaban J connectivity index is 1.52. The van der Waals surface area contributed by atoms with Gasteiger partial charge in [-0.15, -0.1) is 0 Å². The molecule has 2 atom stereocenters. The standard InChI is InChI=1S/C35H34Br2N2O5/c1-42-31-5-2-4-27(22-31)32-35(23-25-8-14-29(37)15-9-25,34(41)38-19-18-24-6-12-28(36)13-7-24)39-33(44-32)26-10-16-30(17-11-26)43-21-3-20-40/h2,4-17,22,32,40H,3,18-21,23H2,1H3,(H,38,41)/t32-,35-/m1/s1. The number of aliphatic hydroxyl groups excluding tert-OH is 1. The number of methoxy groups -OCH3 is 1. The first-order chi connectivity index (χ1) is 21.4. The summed E-state index contributed by atoms with van der Waals surface area (Å²) in [4.78, 5) is 19.5. The molecule has 0 radical (unpaired) electrons. The summed E-state index contributed by atoms with van der Waals surface area (Å²) in [5.41, 5.74) is 2.28. The first kappa shape index (κ1) is 31.8. The summed E-state index contributed by atoms with van der Waals surface area (Å²) in [6, 6.07) is 31.0. The van der Waals surface area contributed by atoms with Crippen molar-refractivity contribution in [3.63, 3.8) is 0 Å². The molecule has 1 aliphatic rings. The van der Waals surface area contributed by atoms with Gasteiger partial charge in [0.15, 0.2) is 11.6 Å². The highest BCUT2D eigenvalue weighted by Gasteiger charge is 2.53. The molecule has 1 heterocycles. The van der Waals surface area contributed by atoms with Crippen molar-refractivity contribution < 1.29 is 24.1 Å². The molecule has 0 aromatic heterocycles. The van der Waals surface area contributed by atoms with Gasteiger partial charge in [-0.2, -0.15) is 0 Å². The van der Waals surface area contributed by atoms with Gasteiger partial charge in [0.2, 0.25) is 5.90 Å². The van der Waals surface area contributed by atoms with Crippen LogP contribution < -0.4 is 14.8 Å². The number of carbonyl (C=O) groups excluding carboxylic acids is 1. The van der Waals surface area contributed by atoms with E-state index >= 15 is 0 Å². The van der Waals surface area contributed by atoms with Crippen molar-refractivity contribution in [2.45, 2.75) is 30.9 Å². The molecule has 4 aromatic carbocycles. The van der Waals surface area contributed by atoms with Gasteiger partial charge in [-0.25, -0.2) is 4.99 Å². The third-order valence-electron chi connectivity index (χ3n) is 7.43. The van der Waals surface area contributed by atoms with E-state index in [1.165, 1.54) is 0 Å². The number of aliphatic hydroxyl groups is 1. The SMILES string of the molecule is COc1cccc([C@H]2OC(c3ccc(OCCCO)cc3)=N[C@@]2(Cc2ccc(Br)cc2)C(=O)NCCc2ccc(Br)cc2)c1. The topological polar surface area (TPSA) is 89.4 Å². The van der Waals surface area contributed by atoms with Crippen molar-refractivity contribution in [2.24, 2.45) is 4.99 Å². The Labute approximate surface area is 274 Å². The fraction of sp³-hybridized carbons (Fsp3) is 0.257. The Morgan fingerprint density at radius 2 is 1.61 bits per heavy atom. The molecule has 7 nitrogen and oxygen atoms in total. The molecule has 0 aliphatic carbocycles. The summed E-state index contributed by atoms with van der Waals surface area (Å²) in [6.45, 7) is 0.931. The summed E-state index contributed by atoms with van der Waals surface area (Å²) >= 11 is 7.00. The zero-order valence-electron chi connectivity index (χ0n) is 24.3. The highest BCUT2D eigenvalue weighted by molar-refractivity contribution is 9.10. The molecule has 44 heavy (non-hydrogen) atoms. The maximum atomic E-state index is 14.4. The fourth-order valence-electron chi connectivity index (χ4n) is 5.12. The molecule has 0 saturated heterocycles. The third-order valence-corrected chi connectivity index (χ3v) is 8.48. The fourth-order valence-corrected chi connectivity index (χ4v) is 5.65. The van der Waals surface area contributed by atoms with Crippen LogP contribution in [0, 0.1) is 0 Å². The molecule has 1 aliphatic heterocycles. The molecule has 1 amide bonds. The molecular weight excluding hydrogens is 688 g/mol. The first-order valence-electron chi connectivity index (χ1n) is 14.4. The first-order valence-corrected chi connectivity index (χ1v) is 16.0. The second kappa shape index (κ2) is 14.9. The minimum Gasteiger partial charge on any atom is -0.497 e. The second-order valence-corrected chi connectivity index (χ2v) is 12.3. The maximum Gasteiger partial charge on any atom is 0.252 e. The average Bonchev–Trinajstić information content (AvgIpc) is 3.44. The molecule has 0 fully saturated rings. The molecule has 4 aromatic rings. The third kappa shape index (κ3) is 7.70. The van der Waals surface area contributed by atoms with Gasteiger partial charge >= 0.3 is 0 Å². The van der Waals surface area contributed by atoms with Gasteiger partial charge in [-0.05, 0) is 83.8 Å². The number of halogens is 2. The van der Waals surface area contributed by atoms with Crippen LogP contribution in [-0.2, 0) is 22.4 Å². The molecule has 228 valence electrons. The van der Waals surface area contributed by atoms with Gasteiger partial charge in [0.25, 0.3) is 5.91 Å². The normalized spacial score (nSPS) is 17.5. The van der Waals surface area contributed by atoms with E-state index in [9.17, 15) is 4.79 Å².